The molecule has 0 aliphatic rings. The predicted molar refractivity (Wildman–Crippen MR) is 121 cm³/mol. The molecule has 0 saturated carbocycles. The maximum atomic E-state index is 10.9. The number of fused-ring (bicyclic) bond motifs is 1. The molecule has 1 amide bonds. The second-order valence-electron chi connectivity index (χ2n) is 7.15. The Kier molecular flexibility index (Phi) is 13.5. The van der Waals surface area contributed by atoms with Crippen LogP contribution < -0.4 is 5.32 Å². The lowest BCUT2D eigenvalue weighted by Crippen LogP contribution is -2.11. The standard InChI is InChI=1S/C12H26O4S.C9H9N3O2/c1-2-3-4-5-6-7-8-9-10-11-12-16-17(13,14)15;1-14-9(13)12-8-10-6-4-2-3-5-7(6)11-8/h2-12H2,1H3,(H,13,14,15);2-5H,1H3,(H2,10,11,12,13). The fraction of sp³-hybridized carbons (Fsp3) is 0.619. The zero-order valence-corrected chi connectivity index (χ0v) is 19.2. The Bertz CT molecular complexity index is 821. The molecule has 0 spiro atoms. The van der Waals surface area contributed by atoms with Gasteiger partial charge in [-0.3, -0.25) is 9.87 Å². The van der Waals surface area contributed by atoms with Gasteiger partial charge in [0.1, 0.15) is 0 Å². The second-order valence-corrected chi connectivity index (χ2v) is 8.24. The number of rotatable bonds is 13. The van der Waals surface area contributed by atoms with Crippen LogP contribution in [0.5, 0.6) is 0 Å². The Morgan fingerprint density at radius 2 is 1.61 bits per heavy atom. The Morgan fingerprint density at radius 1 is 1.03 bits per heavy atom. The number of amides is 1. The van der Waals surface area contributed by atoms with Gasteiger partial charge in [-0.15, -0.1) is 0 Å². The number of nitrogens with zero attached hydrogens (tertiary/aromatic N) is 1. The van der Waals surface area contributed by atoms with Crippen LogP contribution in [0.25, 0.3) is 11.0 Å². The van der Waals surface area contributed by atoms with Gasteiger partial charge < -0.3 is 9.72 Å². The van der Waals surface area contributed by atoms with Gasteiger partial charge in [-0.1, -0.05) is 76.8 Å². The molecule has 9 nitrogen and oxygen atoms in total. The first-order valence-corrected chi connectivity index (χ1v) is 12.1. The average molecular weight is 458 g/mol. The van der Waals surface area contributed by atoms with Gasteiger partial charge in [0.25, 0.3) is 0 Å². The summed E-state index contributed by atoms with van der Waals surface area (Å²) < 4.78 is 37.4. The summed E-state index contributed by atoms with van der Waals surface area (Å²) >= 11 is 0. The van der Waals surface area contributed by atoms with Crippen LogP contribution in [0.1, 0.15) is 71.1 Å². The number of benzene rings is 1. The highest BCUT2D eigenvalue weighted by atomic mass is 32.3. The van der Waals surface area contributed by atoms with Gasteiger partial charge in [0.05, 0.1) is 24.8 Å². The highest BCUT2D eigenvalue weighted by Gasteiger charge is 2.05. The molecule has 0 aliphatic carbocycles. The maximum Gasteiger partial charge on any atom is 0.413 e. The van der Waals surface area contributed by atoms with Crippen molar-refractivity contribution >= 4 is 33.5 Å². The molecule has 3 N–H and O–H groups in total. The van der Waals surface area contributed by atoms with Crippen molar-refractivity contribution in [2.24, 2.45) is 0 Å². The summed E-state index contributed by atoms with van der Waals surface area (Å²) in [6.45, 7) is 2.31. The molecule has 0 saturated heterocycles. The SMILES string of the molecule is CCCCCCCCCCCCOS(=O)(=O)O.COC(=O)Nc1nc2ccccc2[nH]1. The summed E-state index contributed by atoms with van der Waals surface area (Å²) in [7, 11) is -2.93. The first-order valence-electron chi connectivity index (χ1n) is 10.8. The van der Waals surface area contributed by atoms with Gasteiger partial charge in [0.2, 0.25) is 5.95 Å². The smallest absolute Gasteiger partial charge is 0.413 e. The Hall–Kier alpha value is -2.17. The highest BCUT2D eigenvalue weighted by Crippen LogP contribution is 2.13. The summed E-state index contributed by atoms with van der Waals surface area (Å²) in [5.41, 5.74) is 1.68. The number of methoxy groups -OCH3 is 1. The summed E-state index contributed by atoms with van der Waals surface area (Å²) in [4.78, 5) is 17.9. The van der Waals surface area contributed by atoms with Crippen LogP contribution >= 0.6 is 0 Å². The van der Waals surface area contributed by atoms with E-state index in [1.165, 1.54) is 52.1 Å². The van der Waals surface area contributed by atoms with E-state index in [1.807, 2.05) is 24.3 Å². The van der Waals surface area contributed by atoms with Crippen LogP contribution in [-0.4, -0.2) is 42.7 Å². The number of hydrogen-bond donors (Lipinski definition) is 3. The summed E-state index contributed by atoms with van der Waals surface area (Å²) in [5.74, 6) is 0.387. The topological polar surface area (TPSA) is 131 Å². The van der Waals surface area contributed by atoms with Gasteiger partial charge in [0.15, 0.2) is 0 Å². The van der Waals surface area contributed by atoms with Gasteiger partial charge >= 0.3 is 16.5 Å². The number of ether oxygens (including phenoxy) is 1. The lowest BCUT2D eigenvalue weighted by Gasteiger charge is -2.02. The van der Waals surface area contributed by atoms with E-state index < -0.39 is 16.5 Å². The molecule has 0 bridgehead atoms. The van der Waals surface area contributed by atoms with Crippen molar-refractivity contribution < 1.29 is 26.7 Å². The zero-order valence-electron chi connectivity index (χ0n) is 18.4. The van der Waals surface area contributed by atoms with Crippen LogP contribution in [0.2, 0.25) is 0 Å². The third-order valence-electron chi connectivity index (χ3n) is 4.53. The number of nitrogens with one attached hydrogen (secondary N) is 2. The van der Waals surface area contributed by atoms with Crippen molar-refractivity contribution in [1.82, 2.24) is 9.97 Å². The van der Waals surface area contributed by atoms with E-state index in [0.717, 1.165) is 23.9 Å². The molecule has 176 valence electrons. The van der Waals surface area contributed by atoms with E-state index in [0.29, 0.717) is 12.4 Å². The lowest BCUT2D eigenvalue weighted by atomic mass is 10.1. The van der Waals surface area contributed by atoms with Crippen molar-refractivity contribution in [3.63, 3.8) is 0 Å². The normalized spacial score (nSPS) is 11.1. The molecule has 2 aromatic rings. The Morgan fingerprint density at radius 3 is 2.16 bits per heavy atom. The minimum absolute atomic E-state index is 0.0926. The fourth-order valence-corrected chi connectivity index (χ4v) is 3.24. The maximum absolute atomic E-state index is 10.9. The lowest BCUT2D eigenvalue weighted by molar-refractivity contribution is 0.186. The highest BCUT2D eigenvalue weighted by molar-refractivity contribution is 7.80. The third-order valence-corrected chi connectivity index (χ3v) is 4.99. The van der Waals surface area contributed by atoms with Gasteiger partial charge in [-0.05, 0) is 18.6 Å². The van der Waals surface area contributed by atoms with Crippen LogP contribution in [0.15, 0.2) is 24.3 Å². The fourth-order valence-electron chi connectivity index (χ4n) is 2.91. The Balaban J connectivity index is 0.000000314. The van der Waals surface area contributed by atoms with E-state index in [2.05, 4.69) is 31.1 Å². The van der Waals surface area contributed by atoms with E-state index in [9.17, 15) is 13.2 Å². The first kappa shape index (κ1) is 26.9. The Labute approximate surface area is 184 Å². The second kappa shape index (κ2) is 15.6. The number of aromatic amines is 1. The monoisotopic (exact) mass is 457 g/mol. The molecule has 0 aliphatic heterocycles. The van der Waals surface area contributed by atoms with Crippen molar-refractivity contribution in [1.29, 1.82) is 0 Å². The molecule has 2 rings (SSSR count). The molecular weight excluding hydrogens is 422 g/mol. The van der Waals surface area contributed by atoms with Crippen LogP contribution in [0.4, 0.5) is 10.7 Å². The summed E-state index contributed by atoms with van der Waals surface area (Å²) in [6, 6.07) is 7.51. The number of unbranched alkanes of at least 4 members (excludes halogenated alkanes) is 9. The van der Waals surface area contributed by atoms with Gasteiger partial charge in [-0.25, -0.2) is 14.0 Å². The van der Waals surface area contributed by atoms with Crippen LogP contribution in [0, 0.1) is 0 Å². The molecule has 1 aromatic heterocycles. The molecule has 31 heavy (non-hydrogen) atoms. The number of anilines is 1. The molecule has 0 fully saturated rings. The molecule has 1 aromatic carbocycles. The average Bonchev–Trinajstić information content (AvgIpc) is 3.14. The van der Waals surface area contributed by atoms with E-state index >= 15 is 0 Å². The molecule has 0 radical (unpaired) electrons. The summed E-state index contributed by atoms with van der Waals surface area (Å²) in [5, 5.41) is 2.45. The molecule has 10 heteroatoms. The summed E-state index contributed by atoms with van der Waals surface area (Å²) in [6.07, 6.45) is 11.3. The number of imidazole rings is 1. The minimum Gasteiger partial charge on any atom is -0.453 e. The minimum atomic E-state index is -4.23. The van der Waals surface area contributed by atoms with E-state index in [-0.39, 0.29) is 6.61 Å². The number of carbonyl (C=O) groups excluding carboxylic acids is 1. The van der Waals surface area contributed by atoms with Gasteiger partial charge in [0, 0.05) is 0 Å². The first-order chi connectivity index (χ1) is 14.9. The molecule has 0 unspecified atom stereocenters. The predicted octanol–water partition coefficient (Wildman–Crippen LogP) is 5.47. The molecule has 0 atom stereocenters. The van der Waals surface area contributed by atoms with Crippen LogP contribution in [0.3, 0.4) is 0 Å². The van der Waals surface area contributed by atoms with Crippen molar-refractivity contribution in [2.75, 3.05) is 19.0 Å². The number of hydrogen-bond acceptors (Lipinski definition) is 6. The number of H-pyrrole nitrogens is 1. The zero-order chi connectivity index (χ0) is 23.0. The largest absolute Gasteiger partial charge is 0.453 e. The van der Waals surface area contributed by atoms with Gasteiger partial charge in [-0.2, -0.15) is 8.42 Å². The third kappa shape index (κ3) is 13.7. The van der Waals surface area contributed by atoms with E-state index in [1.54, 1.807) is 0 Å². The number of para-hydroxylation sites is 2. The van der Waals surface area contributed by atoms with Crippen molar-refractivity contribution in [3.8, 4) is 0 Å². The molecule has 1 heterocycles. The number of carbonyl (C=O) groups is 1. The van der Waals surface area contributed by atoms with E-state index in [4.69, 9.17) is 4.55 Å². The number of aromatic nitrogens is 2. The quantitative estimate of drug-likeness (QED) is 0.268. The van der Waals surface area contributed by atoms with Crippen molar-refractivity contribution in [2.45, 2.75) is 71.1 Å². The van der Waals surface area contributed by atoms with Crippen molar-refractivity contribution in [3.05, 3.63) is 24.3 Å². The molecular formula is C21H35N3O6S. The van der Waals surface area contributed by atoms with Crippen LogP contribution in [-0.2, 0) is 19.3 Å².